The lowest BCUT2D eigenvalue weighted by Crippen LogP contribution is -2.52. The SMILES string of the molecule is CN(CCOC12CC3CC(CC(C3)C1)C2)S(=O)(=O)c1cccc2c(S(=O)(=O)N(C)CCOC34CC5CC(CC(C5)C3)C4)cccc12. The highest BCUT2D eigenvalue weighted by Crippen LogP contribution is 2.58. The summed E-state index contributed by atoms with van der Waals surface area (Å²) in [5.74, 6) is 4.60. The molecule has 0 saturated heterocycles. The standard InChI is InChI=1S/C36H50N2O6S2/c1-37(9-11-43-35-19-25-13-26(20-35)15-27(14-25)21-35)45(39,40)33-7-3-6-32-31(33)5-4-8-34(32)46(41,42)38(2)10-12-44-36-22-28-16-29(23-36)18-30(17-28)24-36/h3-8,25-30H,9-24H2,1-2H3. The molecule has 8 fully saturated rings. The number of sulfonamides is 2. The zero-order valence-electron chi connectivity index (χ0n) is 27.4. The van der Waals surface area contributed by atoms with Crippen LogP contribution >= 0.6 is 0 Å². The number of rotatable bonds is 12. The summed E-state index contributed by atoms with van der Waals surface area (Å²) in [5.41, 5.74) is -0.150. The van der Waals surface area contributed by atoms with Crippen LogP contribution in [0, 0.1) is 35.5 Å². The highest BCUT2D eigenvalue weighted by molar-refractivity contribution is 7.89. The lowest BCUT2D eigenvalue weighted by molar-refractivity contribution is -0.162. The third-order valence-electron chi connectivity index (χ3n) is 12.8. The fourth-order valence-corrected chi connectivity index (χ4v) is 14.2. The molecule has 0 heterocycles. The third-order valence-corrected chi connectivity index (χ3v) is 16.6. The zero-order valence-corrected chi connectivity index (χ0v) is 29.0. The molecule has 8 nitrogen and oxygen atoms in total. The van der Waals surface area contributed by atoms with E-state index in [-0.39, 0.29) is 34.1 Å². The van der Waals surface area contributed by atoms with E-state index in [1.807, 2.05) is 0 Å². The molecule has 2 aromatic carbocycles. The maximum absolute atomic E-state index is 13.9. The Morgan fingerprint density at radius 1 is 0.565 bits per heavy atom. The van der Waals surface area contributed by atoms with Crippen molar-refractivity contribution < 1.29 is 26.3 Å². The number of ether oxygens (including phenoxy) is 2. The Kier molecular flexibility index (Phi) is 7.93. The van der Waals surface area contributed by atoms with Gasteiger partial charge < -0.3 is 9.47 Å². The van der Waals surface area contributed by atoms with E-state index in [1.54, 1.807) is 50.5 Å². The van der Waals surface area contributed by atoms with Crippen molar-refractivity contribution in [2.45, 2.75) is 98.0 Å². The Balaban J connectivity index is 0.947. The van der Waals surface area contributed by atoms with Crippen molar-refractivity contribution >= 4 is 30.8 Å². The predicted molar refractivity (Wildman–Crippen MR) is 177 cm³/mol. The predicted octanol–water partition coefficient (Wildman–Crippen LogP) is 6.05. The number of fused-ring (bicyclic) bond motifs is 1. The Hall–Kier alpha value is -1.56. The zero-order chi connectivity index (χ0) is 31.9. The van der Waals surface area contributed by atoms with Gasteiger partial charge in [0.1, 0.15) is 0 Å². The van der Waals surface area contributed by atoms with Crippen LogP contribution in [0.1, 0.15) is 77.0 Å². The number of nitrogens with zero attached hydrogens (tertiary/aromatic N) is 2. The number of likely N-dealkylation sites (N-methyl/N-ethyl adjacent to an activating group) is 2. The first-order valence-electron chi connectivity index (χ1n) is 17.7. The van der Waals surface area contributed by atoms with E-state index in [0.717, 1.165) is 74.0 Å². The van der Waals surface area contributed by atoms with Gasteiger partial charge in [-0.3, -0.25) is 0 Å². The van der Waals surface area contributed by atoms with Crippen molar-refractivity contribution in [3.05, 3.63) is 36.4 Å². The van der Waals surface area contributed by atoms with E-state index in [1.165, 1.54) is 47.1 Å². The van der Waals surface area contributed by atoms with Crippen molar-refractivity contribution in [1.82, 2.24) is 8.61 Å². The molecule has 8 bridgehead atoms. The molecule has 0 radical (unpaired) electrons. The first-order chi connectivity index (χ1) is 21.9. The van der Waals surface area contributed by atoms with Crippen molar-refractivity contribution in [1.29, 1.82) is 0 Å². The maximum atomic E-state index is 13.9. The second-order valence-corrected chi connectivity index (χ2v) is 20.2. The fraction of sp³-hybridized carbons (Fsp3) is 0.722. The summed E-state index contributed by atoms with van der Waals surface area (Å²) in [6.07, 6.45) is 14.7. The molecule has 0 unspecified atom stereocenters. The van der Waals surface area contributed by atoms with E-state index >= 15 is 0 Å². The normalized spacial score (nSPS) is 36.4. The highest BCUT2D eigenvalue weighted by Gasteiger charge is 2.53. The summed E-state index contributed by atoms with van der Waals surface area (Å²) in [5, 5.41) is 0.825. The maximum Gasteiger partial charge on any atom is 0.243 e. The number of hydrogen-bond acceptors (Lipinski definition) is 6. The largest absolute Gasteiger partial charge is 0.374 e. The van der Waals surface area contributed by atoms with Crippen LogP contribution in [0.2, 0.25) is 0 Å². The minimum absolute atomic E-state index is 0.0750. The van der Waals surface area contributed by atoms with Gasteiger partial charge in [-0.1, -0.05) is 24.3 Å². The van der Waals surface area contributed by atoms with Crippen LogP contribution in [0.25, 0.3) is 10.8 Å². The summed E-state index contributed by atoms with van der Waals surface area (Å²) in [6, 6.07) is 9.85. The van der Waals surface area contributed by atoms with Crippen LogP contribution < -0.4 is 0 Å². The van der Waals surface area contributed by atoms with E-state index in [9.17, 15) is 16.8 Å². The van der Waals surface area contributed by atoms with Crippen LogP contribution in [-0.4, -0.2) is 77.0 Å². The summed E-state index contributed by atoms with van der Waals surface area (Å²) >= 11 is 0. The lowest BCUT2D eigenvalue weighted by atomic mass is 9.54. The molecular formula is C36H50N2O6S2. The Morgan fingerprint density at radius 2 is 0.870 bits per heavy atom. The van der Waals surface area contributed by atoms with Crippen LogP contribution in [0.15, 0.2) is 46.2 Å². The number of benzene rings is 2. The van der Waals surface area contributed by atoms with Crippen molar-refractivity contribution in [2.75, 3.05) is 40.4 Å². The van der Waals surface area contributed by atoms with Crippen molar-refractivity contribution in [3.8, 4) is 0 Å². The number of hydrogen-bond donors (Lipinski definition) is 0. The molecule has 8 aliphatic carbocycles. The Bertz CT molecular complexity index is 1510. The Labute approximate surface area is 275 Å². The second kappa shape index (κ2) is 11.5. The molecule has 8 aliphatic rings. The van der Waals surface area contributed by atoms with Gasteiger partial charge in [0.2, 0.25) is 20.0 Å². The molecule has 10 heteroatoms. The Morgan fingerprint density at radius 3 is 1.17 bits per heavy atom. The summed E-state index contributed by atoms with van der Waals surface area (Å²) < 4.78 is 71.3. The van der Waals surface area contributed by atoms with E-state index in [0.29, 0.717) is 24.0 Å². The average Bonchev–Trinajstić information content (AvgIpc) is 2.98. The first kappa shape index (κ1) is 31.7. The molecular weight excluding hydrogens is 621 g/mol. The molecule has 0 amide bonds. The monoisotopic (exact) mass is 670 g/mol. The van der Waals surface area contributed by atoms with Crippen molar-refractivity contribution in [3.63, 3.8) is 0 Å². The van der Waals surface area contributed by atoms with Gasteiger partial charge in [-0.05, 0) is 125 Å². The molecule has 46 heavy (non-hydrogen) atoms. The lowest BCUT2D eigenvalue weighted by Gasteiger charge is -2.56. The fourth-order valence-electron chi connectivity index (χ4n) is 11.5. The quantitative estimate of drug-likeness (QED) is 0.273. The smallest absolute Gasteiger partial charge is 0.243 e. The topological polar surface area (TPSA) is 93.2 Å². The van der Waals surface area contributed by atoms with Gasteiger partial charge in [0.15, 0.2) is 0 Å². The van der Waals surface area contributed by atoms with Crippen molar-refractivity contribution in [2.24, 2.45) is 35.5 Å². The second-order valence-electron chi connectivity index (χ2n) is 16.2. The molecule has 252 valence electrons. The van der Waals surface area contributed by atoms with Gasteiger partial charge >= 0.3 is 0 Å². The van der Waals surface area contributed by atoms with E-state index < -0.39 is 20.0 Å². The molecule has 10 rings (SSSR count). The minimum atomic E-state index is -3.89. The molecule has 0 aromatic heterocycles. The van der Waals surface area contributed by atoms with E-state index in [4.69, 9.17) is 9.47 Å². The van der Waals surface area contributed by atoms with Crippen LogP contribution in [-0.2, 0) is 29.5 Å². The molecule has 0 aliphatic heterocycles. The van der Waals surface area contributed by atoms with Gasteiger partial charge in [0, 0.05) is 38.0 Å². The van der Waals surface area contributed by atoms with Gasteiger partial charge in [-0.25, -0.2) is 16.8 Å². The summed E-state index contributed by atoms with van der Waals surface area (Å²) in [6.45, 7) is 1.24. The third kappa shape index (κ3) is 5.56. The van der Waals surface area contributed by atoms with Gasteiger partial charge in [0.05, 0.1) is 34.2 Å². The minimum Gasteiger partial charge on any atom is -0.374 e. The molecule has 2 aromatic rings. The highest BCUT2D eigenvalue weighted by atomic mass is 32.2. The molecule has 0 atom stereocenters. The van der Waals surface area contributed by atoms with Crippen LogP contribution in [0.5, 0.6) is 0 Å². The average molecular weight is 671 g/mol. The van der Waals surface area contributed by atoms with Crippen LogP contribution in [0.3, 0.4) is 0 Å². The molecule has 8 saturated carbocycles. The van der Waals surface area contributed by atoms with Gasteiger partial charge in [-0.2, -0.15) is 8.61 Å². The van der Waals surface area contributed by atoms with E-state index in [2.05, 4.69) is 0 Å². The summed E-state index contributed by atoms with van der Waals surface area (Å²) in [7, 11) is -4.59. The summed E-state index contributed by atoms with van der Waals surface area (Å²) in [4.78, 5) is 0.235. The molecule has 0 N–H and O–H groups in total. The van der Waals surface area contributed by atoms with Gasteiger partial charge in [0.25, 0.3) is 0 Å². The first-order valence-corrected chi connectivity index (χ1v) is 20.5. The van der Waals surface area contributed by atoms with Gasteiger partial charge in [-0.15, -0.1) is 0 Å². The van der Waals surface area contributed by atoms with Crippen LogP contribution in [0.4, 0.5) is 0 Å². The molecule has 0 spiro atoms.